The molecule has 1 heterocycles. The number of aliphatic hydroxyl groups is 1. The van der Waals surface area contributed by atoms with Gasteiger partial charge in [0.15, 0.2) is 0 Å². The van der Waals surface area contributed by atoms with Gasteiger partial charge in [-0.3, -0.25) is 9.59 Å². The maximum Gasteiger partial charge on any atom is 0.252 e. The zero-order chi connectivity index (χ0) is 15.2. The third kappa shape index (κ3) is 4.54. The lowest BCUT2D eigenvalue weighted by Gasteiger charge is -2.23. The summed E-state index contributed by atoms with van der Waals surface area (Å²) in [5.74, 6) is 0.0528. The first-order valence-electron chi connectivity index (χ1n) is 7.30. The molecule has 6 heteroatoms. The Morgan fingerprint density at radius 2 is 2.29 bits per heavy atom. The summed E-state index contributed by atoms with van der Waals surface area (Å²) in [7, 11) is 1.76. The number of carbonyl (C=O) groups excluding carboxylic acids is 2. The summed E-state index contributed by atoms with van der Waals surface area (Å²) in [6.45, 7) is 0.934. The molecule has 116 valence electrons. The fourth-order valence-corrected chi connectivity index (χ4v) is 3.29. The average molecular weight is 310 g/mol. The Balaban J connectivity index is 1.68. The molecule has 0 bridgehead atoms. The van der Waals surface area contributed by atoms with Gasteiger partial charge in [0.25, 0.3) is 5.91 Å². The van der Waals surface area contributed by atoms with E-state index in [0.717, 1.165) is 19.3 Å². The van der Waals surface area contributed by atoms with Gasteiger partial charge in [-0.2, -0.15) is 11.3 Å². The summed E-state index contributed by atoms with van der Waals surface area (Å²) in [6, 6.07) is 1.76. The van der Waals surface area contributed by atoms with Crippen LogP contribution < -0.4 is 5.32 Å². The maximum atomic E-state index is 12.0. The highest BCUT2D eigenvalue weighted by atomic mass is 32.1. The third-order valence-corrected chi connectivity index (χ3v) is 4.64. The van der Waals surface area contributed by atoms with Gasteiger partial charge in [-0.25, -0.2) is 0 Å². The van der Waals surface area contributed by atoms with Crippen molar-refractivity contribution in [3.63, 3.8) is 0 Å². The number of hydrogen-bond donors (Lipinski definition) is 2. The van der Waals surface area contributed by atoms with Crippen LogP contribution in [-0.4, -0.2) is 48.1 Å². The van der Waals surface area contributed by atoms with Gasteiger partial charge in [0, 0.05) is 43.4 Å². The molecule has 1 saturated carbocycles. The number of amides is 2. The van der Waals surface area contributed by atoms with Crippen molar-refractivity contribution in [1.29, 1.82) is 0 Å². The lowest BCUT2D eigenvalue weighted by molar-refractivity contribution is -0.130. The van der Waals surface area contributed by atoms with Gasteiger partial charge >= 0.3 is 0 Å². The molecule has 2 N–H and O–H groups in total. The zero-order valence-corrected chi connectivity index (χ0v) is 13.1. The van der Waals surface area contributed by atoms with E-state index in [1.165, 1.54) is 11.3 Å². The monoisotopic (exact) mass is 310 g/mol. The Hall–Kier alpha value is -1.40. The van der Waals surface area contributed by atoms with E-state index in [1.807, 2.05) is 5.38 Å². The predicted octanol–water partition coefficient (Wildman–Crippen LogP) is 1.49. The van der Waals surface area contributed by atoms with Crippen LogP contribution in [0.2, 0.25) is 0 Å². The number of hydrogen-bond acceptors (Lipinski definition) is 4. The summed E-state index contributed by atoms with van der Waals surface area (Å²) >= 11 is 1.47. The van der Waals surface area contributed by atoms with Crippen molar-refractivity contribution in [3.8, 4) is 0 Å². The number of nitrogens with one attached hydrogen (secondary N) is 1. The second-order valence-electron chi connectivity index (χ2n) is 5.55. The van der Waals surface area contributed by atoms with E-state index >= 15 is 0 Å². The fraction of sp³-hybridized carbons (Fsp3) is 0.600. The molecule has 1 aromatic rings. The highest BCUT2D eigenvalue weighted by Crippen LogP contribution is 2.26. The molecule has 1 aromatic heterocycles. The van der Waals surface area contributed by atoms with E-state index in [2.05, 4.69) is 5.32 Å². The Labute approximate surface area is 129 Å². The zero-order valence-electron chi connectivity index (χ0n) is 12.2. The number of rotatable bonds is 6. The molecule has 2 unspecified atom stereocenters. The van der Waals surface area contributed by atoms with E-state index in [-0.39, 0.29) is 30.3 Å². The van der Waals surface area contributed by atoms with Crippen molar-refractivity contribution in [3.05, 3.63) is 22.4 Å². The third-order valence-electron chi connectivity index (χ3n) is 3.96. The van der Waals surface area contributed by atoms with Crippen LogP contribution in [0.3, 0.4) is 0 Å². The molecule has 1 aliphatic rings. The van der Waals surface area contributed by atoms with E-state index in [0.29, 0.717) is 18.7 Å². The smallest absolute Gasteiger partial charge is 0.252 e. The second-order valence-corrected chi connectivity index (χ2v) is 6.33. The van der Waals surface area contributed by atoms with E-state index in [4.69, 9.17) is 0 Å². The summed E-state index contributed by atoms with van der Waals surface area (Å²) in [4.78, 5) is 25.4. The lowest BCUT2D eigenvalue weighted by atomic mass is 10.1. The molecule has 0 saturated heterocycles. The number of aliphatic hydroxyl groups excluding tert-OH is 1. The Bertz CT molecular complexity index is 475. The first-order chi connectivity index (χ1) is 10.1. The molecule has 21 heavy (non-hydrogen) atoms. The van der Waals surface area contributed by atoms with Gasteiger partial charge < -0.3 is 15.3 Å². The van der Waals surface area contributed by atoms with Gasteiger partial charge in [0.2, 0.25) is 5.91 Å². The van der Waals surface area contributed by atoms with Gasteiger partial charge in [-0.15, -0.1) is 0 Å². The summed E-state index contributed by atoms with van der Waals surface area (Å²) in [5, 5.41) is 16.2. The Morgan fingerprint density at radius 3 is 2.90 bits per heavy atom. The Morgan fingerprint density at radius 1 is 1.48 bits per heavy atom. The summed E-state index contributed by atoms with van der Waals surface area (Å²) in [5.41, 5.74) is 0.634. The number of thiophene rings is 1. The van der Waals surface area contributed by atoms with Crippen LogP contribution in [0.4, 0.5) is 0 Å². The molecular weight excluding hydrogens is 288 g/mol. The predicted molar refractivity (Wildman–Crippen MR) is 82.3 cm³/mol. The van der Waals surface area contributed by atoms with Crippen LogP contribution in [0.25, 0.3) is 0 Å². The largest absolute Gasteiger partial charge is 0.393 e. The molecular formula is C15H22N2O3S. The minimum Gasteiger partial charge on any atom is -0.393 e. The van der Waals surface area contributed by atoms with Gasteiger partial charge in [0.05, 0.1) is 6.10 Å². The number of nitrogens with zero attached hydrogens (tertiary/aromatic N) is 1. The minimum absolute atomic E-state index is 0.000261. The molecule has 2 amide bonds. The van der Waals surface area contributed by atoms with Crippen LogP contribution in [0.15, 0.2) is 16.8 Å². The quantitative estimate of drug-likeness (QED) is 0.836. The van der Waals surface area contributed by atoms with Crippen LogP contribution in [0.1, 0.15) is 36.0 Å². The number of carbonyl (C=O) groups is 2. The summed E-state index contributed by atoms with van der Waals surface area (Å²) < 4.78 is 0. The fourth-order valence-electron chi connectivity index (χ4n) is 2.65. The molecule has 0 aromatic carbocycles. The van der Waals surface area contributed by atoms with Crippen LogP contribution in [-0.2, 0) is 4.79 Å². The highest BCUT2D eigenvalue weighted by molar-refractivity contribution is 7.08. The van der Waals surface area contributed by atoms with E-state index in [1.54, 1.807) is 23.4 Å². The standard InChI is InChI=1S/C15H22N2O3S/c1-17(9-11-3-2-4-13(11)18)14(19)5-7-16-15(20)12-6-8-21-10-12/h6,8,10-11,13,18H,2-5,7,9H2,1H3,(H,16,20). The van der Waals surface area contributed by atoms with Crippen LogP contribution in [0, 0.1) is 5.92 Å². The van der Waals surface area contributed by atoms with Crippen molar-refractivity contribution in [2.45, 2.75) is 31.8 Å². The van der Waals surface area contributed by atoms with Crippen molar-refractivity contribution < 1.29 is 14.7 Å². The first kappa shape index (κ1) is 16.0. The molecule has 0 radical (unpaired) electrons. The molecule has 5 nitrogen and oxygen atoms in total. The van der Waals surface area contributed by atoms with Crippen LogP contribution in [0.5, 0.6) is 0 Å². The van der Waals surface area contributed by atoms with Crippen molar-refractivity contribution in [2.75, 3.05) is 20.1 Å². The molecule has 1 fully saturated rings. The van der Waals surface area contributed by atoms with Gasteiger partial charge in [0.1, 0.15) is 0 Å². The van der Waals surface area contributed by atoms with Gasteiger partial charge in [-0.05, 0) is 24.3 Å². The van der Waals surface area contributed by atoms with Gasteiger partial charge in [-0.1, -0.05) is 6.42 Å². The SMILES string of the molecule is CN(CC1CCCC1O)C(=O)CCNC(=O)c1ccsc1. The lowest BCUT2D eigenvalue weighted by Crippen LogP contribution is -2.36. The van der Waals surface area contributed by atoms with Crippen molar-refractivity contribution >= 4 is 23.2 Å². The summed E-state index contributed by atoms with van der Waals surface area (Å²) in [6.07, 6.45) is 2.86. The van der Waals surface area contributed by atoms with Crippen molar-refractivity contribution in [2.24, 2.45) is 5.92 Å². The maximum absolute atomic E-state index is 12.0. The average Bonchev–Trinajstić information content (AvgIpc) is 3.11. The Kier molecular flexibility index (Phi) is 5.76. The highest BCUT2D eigenvalue weighted by Gasteiger charge is 2.27. The van der Waals surface area contributed by atoms with Crippen LogP contribution >= 0.6 is 11.3 Å². The second kappa shape index (κ2) is 7.56. The molecule has 0 spiro atoms. The molecule has 0 aliphatic heterocycles. The minimum atomic E-state index is -0.279. The first-order valence-corrected chi connectivity index (χ1v) is 8.24. The van der Waals surface area contributed by atoms with E-state index in [9.17, 15) is 14.7 Å². The molecule has 2 rings (SSSR count). The molecule has 2 atom stereocenters. The normalized spacial score (nSPS) is 21.2. The van der Waals surface area contributed by atoms with E-state index < -0.39 is 0 Å². The molecule has 1 aliphatic carbocycles. The topological polar surface area (TPSA) is 69.6 Å². The van der Waals surface area contributed by atoms with Crippen molar-refractivity contribution in [1.82, 2.24) is 10.2 Å².